The summed E-state index contributed by atoms with van der Waals surface area (Å²) in [5.74, 6) is -0.595. The van der Waals surface area contributed by atoms with Crippen LogP contribution < -0.4 is 15.0 Å². The van der Waals surface area contributed by atoms with E-state index in [1.807, 2.05) is 6.92 Å². The minimum Gasteiger partial charge on any atom is -0.482 e. The third-order valence-electron chi connectivity index (χ3n) is 5.16. The van der Waals surface area contributed by atoms with Gasteiger partial charge in [-0.1, -0.05) is 44.7 Å². The lowest BCUT2D eigenvalue weighted by molar-refractivity contribution is -0.155. The normalized spacial score (nSPS) is 18.0. The van der Waals surface area contributed by atoms with Crippen LogP contribution in [0.25, 0.3) is 0 Å². The molecule has 1 N–H and O–H groups in total. The zero-order chi connectivity index (χ0) is 19.9. The Morgan fingerprint density at radius 3 is 2.75 bits per heavy atom. The molecule has 152 valence electrons. The Kier molecular flexibility index (Phi) is 6.90. The quantitative estimate of drug-likeness (QED) is 0.726. The predicted molar refractivity (Wildman–Crippen MR) is 104 cm³/mol. The van der Waals surface area contributed by atoms with Gasteiger partial charge in [0.05, 0.1) is 5.69 Å². The lowest BCUT2D eigenvalue weighted by atomic mass is 9.95. The van der Waals surface area contributed by atoms with Gasteiger partial charge in [0.2, 0.25) is 0 Å². The first-order valence-electron chi connectivity index (χ1n) is 10.1. The highest BCUT2D eigenvalue weighted by Gasteiger charge is 2.30. The lowest BCUT2D eigenvalue weighted by Gasteiger charge is -2.29. The Balaban J connectivity index is 1.61. The summed E-state index contributed by atoms with van der Waals surface area (Å²) in [6, 6.07) is 7.21. The maximum Gasteiger partial charge on any atom is 0.326 e. The van der Waals surface area contributed by atoms with Crippen molar-refractivity contribution in [3.63, 3.8) is 0 Å². The van der Waals surface area contributed by atoms with E-state index in [1.54, 1.807) is 24.3 Å². The van der Waals surface area contributed by atoms with Crippen LogP contribution in [0.3, 0.4) is 0 Å². The molecule has 1 atom stereocenters. The topological polar surface area (TPSA) is 84.9 Å². The Bertz CT molecular complexity index is 715. The van der Waals surface area contributed by atoms with Crippen molar-refractivity contribution in [1.29, 1.82) is 0 Å². The van der Waals surface area contributed by atoms with Crippen LogP contribution >= 0.6 is 0 Å². The molecule has 2 amide bonds. The van der Waals surface area contributed by atoms with Gasteiger partial charge < -0.3 is 14.8 Å². The van der Waals surface area contributed by atoms with Gasteiger partial charge in [-0.05, 0) is 31.4 Å². The van der Waals surface area contributed by atoms with E-state index in [1.165, 1.54) is 11.3 Å². The Morgan fingerprint density at radius 2 is 2.00 bits per heavy atom. The summed E-state index contributed by atoms with van der Waals surface area (Å²) in [6.45, 7) is 1.58. The zero-order valence-electron chi connectivity index (χ0n) is 16.3. The number of fused-ring (bicyclic) bond motifs is 1. The molecular weight excluding hydrogens is 360 g/mol. The molecule has 0 saturated heterocycles. The van der Waals surface area contributed by atoms with Gasteiger partial charge in [-0.3, -0.25) is 19.3 Å². The number of ether oxygens (including phenoxy) is 2. The maximum atomic E-state index is 12.6. The molecule has 0 spiro atoms. The summed E-state index contributed by atoms with van der Waals surface area (Å²) >= 11 is 0. The molecule has 1 heterocycles. The molecule has 2 aliphatic rings. The summed E-state index contributed by atoms with van der Waals surface area (Å²) in [4.78, 5) is 38.7. The molecule has 1 aromatic rings. The van der Waals surface area contributed by atoms with Crippen LogP contribution in [0.5, 0.6) is 5.75 Å². The summed E-state index contributed by atoms with van der Waals surface area (Å²) < 4.78 is 10.9. The number of amides is 2. The minimum absolute atomic E-state index is 0.120. The van der Waals surface area contributed by atoms with Gasteiger partial charge in [0.25, 0.3) is 11.8 Å². The van der Waals surface area contributed by atoms with E-state index >= 15 is 0 Å². The average Bonchev–Trinajstić information content (AvgIpc) is 2.70. The number of nitrogens with zero attached hydrogens (tertiary/aromatic N) is 1. The number of benzene rings is 1. The number of esters is 1. The van der Waals surface area contributed by atoms with Crippen molar-refractivity contribution in [2.75, 3.05) is 18.1 Å². The van der Waals surface area contributed by atoms with Gasteiger partial charge in [0.1, 0.15) is 12.3 Å². The van der Waals surface area contributed by atoms with Crippen molar-refractivity contribution < 1.29 is 23.9 Å². The maximum absolute atomic E-state index is 12.6. The summed E-state index contributed by atoms with van der Waals surface area (Å²) in [6.07, 6.45) is 5.71. The van der Waals surface area contributed by atoms with Gasteiger partial charge in [-0.2, -0.15) is 0 Å². The fraction of sp³-hybridized carbons (Fsp3) is 0.571. The molecule has 3 rings (SSSR count). The number of carbonyl (C=O) groups excluding carboxylic acids is 3. The highest BCUT2D eigenvalue weighted by Crippen LogP contribution is 2.31. The van der Waals surface area contributed by atoms with E-state index in [-0.39, 0.29) is 31.0 Å². The molecule has 1 fully saturated rings. The first kappa shape index (κ1) is 20.2. The third kappa shape index (κ3) is 5.03. The third-order valence-corrected chi connectivity index (χ3v) is 5.16. The molecule has 1 aliphatic carbocycles. The van der Waals surface area contributed by atoms with Gasteiger partial charge >= 0.3 is 5.97 Å². The van der Waals surface area contributed by atoms with Crippen molar-refractivity contribution in [3.05, 3.63) is 24.3 Å². The number of anilines is 1. The fourth-order valence-corrected chi connectivity index (χ4v) is 3.70. The van der Waals surface area contributed by atoms with Crippen LogP contribution in [0.15, 0.2) is 24.3 Å². The van der Waals surface area contributed by atoms with Crippen LogP contribution in [0.4, 0.5) is 5.69 Å². The van der Waals surface area contributed by atoms with E-state index in [4.69, 9.17) is 9.47 Å². The average molecular weight is 388 g/mol. The number of hydrogen-bond acceptors (Lipinski definition) is 5. The van der Waals surface area contributed by atoms with E-state index in [0.717, 1.165) is 32.1 Å². The molecule has 7 heteroatoms. The molecule has 0 aromatic heterocycles. The van der Waals surface area contributed by atoms with Crippen molar-refractivity contribution in [2.24, 2.45) is 0 Å². The Labute approximate surface area is 165 Å². The second kappa shape index (κ2) is 9.57. The van der Waals surface area contributed by atoms with Gasteiger partial charge in [-0.25, -0.2) is 0 Å². The number of nitrogens with one attached hydrogen (secondary N) is 1. The lowest BCUT2D eigenvalue weighted by Crippen LogP contribution is -2.46. The zero-order valence-corrected chi connectivity index (χ0v) is 16.3. The largest absolute Gasteiger partial charge is 0.482 e. The van der Waals surface area contributed by atoms with Gasteiger partial charge in [0.15, 0.2) is 12.7 Å². The number of hydrogen-bond donors (Lipinski definition) is 1. The summed E-state index contributed by atoms with van der Waals surface area (Å²) in [5, 5.41) is 3.02. The molecular formula is C21H28N2O5. The van der Waals surface area contributed by atoms with Crippen molar-refractivity contribution in [2.45, 2.75) is 64.0 Å². The first-order chi connectivity index (χ1) is 13.6. The highest BCUT2D eigenvalue weighted by atomic mass is 16.5. The molecule has 1 aliphatic heterocycles. The standard InChI is InChI=1S/C21H28N2O5/c1-2-8-18(21(26)22-15-9-4-3-5-10-15)28-20(25)13-23-16-11-6-7-12-17(16)27-14-19(23)24/h6-7,11-12,15,18H,2-5,8-10,13-14H2,1H3,(H,22,26)/t18-/m1/s1. The van der Waals surface area contributed by atoms with E-state index in [0.29, 0.717) is 17.9 Å². The Morgan fingerprint density at radius 1 is 1.25 bits per heavy atom. The highest BCUT2D eigenvalue weighted by molar-refractivity contribution is 6.01. The number of para-hydroxylation sites is 2. The van der Waals surface area contributed by atoms with Crippen LogP contribution in [-0.2, 0) is 19.1 Å². The second-order valence-corrected chi connectivity index (χ2v) is 7.35. The van der Waals surface area contributed by atoms with Crippen LogP contribution in [0, 0.1) is 0 Å². The van der Waals surface area contributed by atoms with Crippen molar-refractivity contribution >= 4 is 23.5 Å². The number of carbonyl (C=O) groups is 3. The molecule has 0 bridgehead atoms. The SMILES string of the molecule is CCC[C@@H](OC(=O)CN1C(=O)COc2ccccc21)C(=O)NC1CCCCC1. The molecule has 1 aromatic carbocycles. The second-order valence-electron chi connectivity index (χ2n) is 7.35. The summed E-state index contributed by atoms with van der Waals surface area (Å²) in [5.41, 5.74) is 0.536. The number of rotatable bonds is 7. The fourth-order valence-electron chi connectivity index (χ4n) is 3.70. The van der Waals surface area contributed by atoms with E-state index in [2.05, 4.69) is 5.32 Å². The molecule has 1 saturated carbocycles. The minimum atomic E-state index is -0.828. The Hall–Kier alpha value is -2.57. The first-order valence-corrected chi connectivity index (χ1v) is 10.1. The molecule has 0 radical (unpaired) electrons. The smallest absolute Gasteiger partial charge is 0.326 e. The van der Waals surface area contributed by atoms with Crippen LogP contribution in [0.1, 0.15) is 51.9 Å². The van der Waals surface area contributed by atoms with Crippen LogP contribution in [-0.4, -0.2) is 43.1 Å². The molecule has 28 heavy (non-hydrogen) atoms. The summed E-state index contributed by atoms with van der Waals surface area (Å²) in [7, 11) is 0. The van der Waals surface area contributed by atoms with Gasteiger partial charge in [0, 0.05) is 6.04 Å². The molecule has 0 unspecified atom stereocenters. The predicted octanol–water partition coefficient (Wildman–Crippen LogP) is 2.57. The van der Waals surface area contributed by atoms with Crippen molar-refractivity contribution in [1.82, 2.24) is 5.32 Å². The monoisotopic (exact) mass is 388 g/mol. The van der Waals surface area contributed by atoms with Gasteiger partial charge in [-0.15, -0.1) is 0 Å². The van der Waals surface area contributed by atoms with Crippen molar-refractivity contribution in [3.8, 4) is 5.75 Å². The van der Waals surface area contributed by atoms with E-state index in [9.17, 15) is 14.4 Å². The van der Waals surface area contributed by atoms with E-state index < -0.39 is 12.1 Å². The molecule has 7 nitrogen and oxygen atoms in total. The van der Waals surface area contributed by atoms with Crippen LogP contribution in [0.2, 0.25) is 0 Å².